The summed E-state index contributed by atoms with van der Waals surface area (Å²) in [4.78, 5) is 31.7. The van der Waals surface area contributed by atoms with E-state index in [4.69, 9.17) is 4.74 Å². The molecule has 0 radical (unpaired) electrons. The van der Waals surface area contributed by atoms with Crippen molar-refractivity contribution in [3.63, 3.8) is 0 Å². The third kappa shape index (κ3) is 3.41. The first kappa shape index (κ1) is 17.9. The van der Waals surface area contributed by atoms with Crippen molar-refractivity contribution in [3.8, 4) is 0 Å². The number of ether oxygens (including phenoxy) is 1. The van der Waals surface area contributed by atoms with Gasteiger partial charge in [-0.2, -0.15) is 0 Å². The normalized spacial score (nSPS) is 21.1. The highest BCUT2D eigenvalue weighted by Crippen LogP contribution is 2.20. The maximum atomic E-state index is 12.7. The van der Waals surface area contributed by atoms with E-state index in [2.05, 4.69) is 30.7 Å². The van der Waals surface area contributed by atoms with Crippen LogP contribution in [0.5, 0.6) is 0 Å². The lowest BCUT2D eigenvalue weighted by Crippen LogP contribution is -2.52. The third-order valence-electron chi connectivity index (χ3n) is 4.70. The molecule has 2 aromatic rings. The topological polar surface area (TPSA) is 74.3 Å². The maximum Gasteiger partial charge on any atom is 0.332 e. The van der Waals surface area contributed by atoms with Crippen molar-refractivity contribution < 1.29 is 4.74 Å². The summed E-state index contributed by atoms with van der Waals surface area (Å²) in [5, 5.41) is 0. The van der Waals surface area contributed by atoms with Crippen molar-refractivity contribution in [1.29, 1.82) is 0 Å². The number of aryl methyl sites for hydroxylation is 2. The molecule has 3 rings (SSSR count). The van der Waals surface area contributed by atoms with Gasteiger partial charge < -0.3 is 9.30 Å². The van der Waals surface area contributed by atoms with Gasteiger partial charge in [-0.15, -0.1) is 0 Å². The van der Waals surface area contributed by atoms with E-state index in [-0.39, 0.29) is 23.0 Å². The fourth-order valence-electron chi connectivity index (χ4n) is 3.80. The number of fused-ring (bicyclic) bond motifs is 1. The van der Waals surface area contributed by atoms with Crippen molar-refractivity contribution in [1.82, 2.24) is 23.6 Å². The van der Waals surface area contributed by atoms with E-state index in [0.29, 0.717) is 17.7 Å². The standard InChI is InChI=1S/C17H27N5O3/c1-12-9-21(10-17(2,3)25-12)7-6-8-22-15(23)13-14(18-11-19(13)4)20(5)16(22)24/h11-12H,6-10H2,1-5H3/t12-/m1/s1. The first-order valence-electron chi connectivity index (χ1n) is 8.70. The van der Waals surface area contributed by atoms with Crippen LogP contribution in [-0.4, -0.2) is 54.9 Å². The van der Waals surface area contributed by atoms with Gasteiger partial charge in [0.2, 0.25) is 0 Å². The lowest BCUT2D eigenvalue weighted by molar-refractivity contribution is -0.128. The monoisotopic (exact) mass is 349 g/mol. The molecule has 0 unspecified atom stereocenters. The second-order valence-electron chi connectivity index (χ2n) is 7.60. The molecule has 1 saturated heterocycles. The summed E-state index contributed by atoms with van der Waals surface area (Å²) >= 11 is 0. The van der Waals surface area contributed by atoms with Crippen molar-refractivity contribution in [2.75, 3.05) is 19.6 Å². The van der Waals surface area contributed by atoms with Crippen LogP contribution in [0.1, 0.15) is 27.2 Å². The van der Waals surface area contributed by atoms with Gasteiger partial charge in [0.05, 0.1) is 18.0 Å². The molecule has 0 amide bonds. The van der Waals surface area contributed by atoms with Crippen molar-refractivity contribution in [3.05, 3.63) is 27.2 Å². The Labute approximate surface area is 146 Å². The highest BCUT2D eigenvalue weighted by atomic mass is 16.5. The minimum atomic E-state index is -0.313. The quantitative estimate of drug-likeness (QED) is 0.795. The molecule has 8 nitrogen and oxygen atoms in total. The molecular weight excluding hydrogens is 322 g/mol. The molecule has 3 heterocycles. The summed E-state index contributed by atoms with van der Waals surface area (Å²) in [6.07, 6.45) is 2.49. The minimum Gasteiger partial charge on any atom is -0.370 e. The van der Waals surface area contributed by atoms with Gasteiger partial charge >= 0.3 is 5.69 Å². The second-order valence-corrected chi connectivity index (χ2v) is 7.60. The fourth-order valence-corrected chi connectivity index (χ4v) is 3.80. The molecule has 2 aromatic heterocycles. The van der Waals surface area contributed by atoms with Crippen LogP contribution in [0.2, 0.25) is 0 Å². The molecule has 1 fully saturated rings. The Morgan fingerprint density at radius 1 is 1.28 bits per heavy atom. The highest BCUT2D eigenvalue weighted by Gasteiger charge is 2.30. The van der Waals surface area contributed by atoms with Gasteiger partial charge in [0.15, 0.2) is 11.2 Å². The molecule has 25 heavy (non-hydrogen) atoms. The molecule has 0 saturated carbocycles. The Morgan fingerprint density at radius 2 is 2.00 bits per heavy atom. The molecule has 1 aliphatic rings. The summed E-state index contributed by atoms with van der Waals surface area (Å²) in [5.74, 6) is 0. The molecule has 138 valence electrons. The average Bonchev–Trinajstić information content (AvgIpc) is 2.88. The molecule has 1 aliphatic heterocycles. The van der Waals surface area contributed by atoms with E-state index in [9.17, 15) is 9.59 Å². The second kappa shape index (κ2) is 6.42. The number of nitrogens with zero attached hydrogens (tertiary/aromatic N) is 5. The van der Waals surface area contributed by atoms with Gasteiger partial charge in [-0.25, -0.2) is 9.78 Å². The zero-order valence-electron chi connectivity index (χ0n) is 15.7. The Balaban J connectivity index is 1.77. The first-order chi connectivity index (χ1) is 11.7. The van der Waals surface area contributed by atoms with Crippen LogP contribution >= 0.6 is 0 Å². The third-order valence-corrected chi connectivity index (χ3v) is 4.70. The molecule has 0 aliphatic carbocycles. The Hall–Kier alpha value is -1.93. The zero-order valence-corrected chi connectivity index (χ0v) is 15.7. The van der Waals surface area contributed by atoms with Gasteiger partial charge in [0, 0.05) is 40.3 Å². The van der Waals surface area contributed by atoms with E-state index in [1.807, 2.05) is 0 Å². The van der Waals surface area contributed by atoms with E-state index in [0.717, 1.165) is 26.1 Å². The number of hydrogen-bond donors (Lipinski definition) is 0. The van der Waals surface area contributed by atoms with Crippen molar-refractivity contribution in [2.24, 2.45) is 14.1 Å². The molecular formula is C17H27N5O3. The van der Waals surface area contributed by atoms with Gasteiger partial charge in [-0.3, -0.25) is 18.8 Å². The Kier molecular flexibility index (Phi) is 4.59. The lowest BCUT2D eigenvalue weighted by Gasteiger charge is -2.41. The van der Waals surface area contributed by atoms with Gasteiger partial charge in [0.25, 0.3) is 5.56 Å². The van der Waals surface area contributed by atoms with Gasteiger partial charge in [-0.1, -0.05) is 0 Å². The SMILES string of the molecule is C[C@@H]1CN(CCCn2c(=O)c3c(ncn3C)n(C)c2=O)CC(C)(C)O1. The van der Waals surface area contributed by atoms with Gasteiger partial charge in [-0.05, 0) is 27.2 Å². The zero-order chi connectivity index (χ0) is 18.4. The van der Waals surface area contributed by atoms with E-state index in [1.54, 1.807) is 25.0 Å². The molecule has 8 heteroatoms. The van der Waals surface area contributed by atoms with E-state index in [1.165, 1.54) is 9.13 Å². The predicted octanol–water partition coefficient (Wildman–Crippen LogP) is 0.323. The Bertz CT molecular complexity index is 892. The number of aromatic nitrogens is 4. The van der Waals surface area contributed by atoms with E-state index < -0.39 is 0 Å². The smallest absolute Gasteiger partial charge is 0.332 e. The van der Waals surface area contributed by atoms with Crippen molar-refractivity contribution in [2.45, 2.75) is 45.4 Å². The van der Waals surface area contributed by atoms with Crippen LogP contribution in [0.3, 0.4) is 0 Å². The lowest BCUT2D eigenvalue weighted by atomic mass is 10.1. The van der Waals surface area contributed by atoms with Gasteiger partial charge in [0.1, 0.15) is 0 Å². The largest absolute Gasteiger partial charge is 0.370 e. The van der Waals surface area contributed by atoms with Crippen LogP contribution in [0.15, 0.2) is 15.9 Å². The number of hydrogen-bond acceptors (Lipinski definition) is 5. The summed E-state index contributed by atoms with van der Waals surface area (Å²) < 4.78 is 10.3. The summed E-state index contributed by atoms with van der Waals surface area (Å²) in [6, 6.07) is 0. The number of rotatable bonds is 4. The van der Waals surface area contributed by atoms with Crippen LogP contribution in [0.4, 0.5) is 0 Å². The highest BCUT2D eigenvalue weighted by molar-refractivity contribution is 5.69. The summed E-state index contributed by atoms with van der Waals surface area (Å²) in [7, 11) is 3.42. The molecule has 0 spiro atoms. The van der Waals surface area contributed by atoms with Crippen LogP contribution in [-0.2, 0) is 25.4 Å². The van der Waals surface area contributed by atoms with E-state index >= 15 is 0 Å². The average molecular weight is 349 g/mol. The fraction of sp³-hybridized carbons (Fsp3) is 0.706. The molecule has 0 N–H and O–H groups in total. The summed E-state index contributed by atoms with van der Waals surface area (Å²) in [5.41, 5.74) is 0.138. The van der Waals surface area contributed by atoms with Crippen molar-refractivity contribution >= 4 is 11.2 Å². The van der Waals surface area contributed by atoms with Crippen LogP contribution in [0, 0.1) is 0 Å². The number of morpholine rings is 1. The minimum absolute atomic E-state index is 0.168. The molecule has 0 bridgehead atoms. The Morgan fingerprint density at radius 3 is 2.68 bits per heavy atom. The van der Waals surface area contributed by atoms with Crippen LogP contribution in [0.25, 0.3) is 11.2 Å². The number of imidazole rings is 1. The molecule has 0 aromatic carbocycles. The molecule has 1 atom stereocenters. The first-order valence-corrected chi connectivity index (χ1v) is 8.70. The van der Waals surface area contributed by atoms with Crippen LogP contribution < -0.4 is 11.2 Å². The maximum absolute atomic E-state index is 12.7. The predicted molar refractivity (Wildman–Crippen MR) is 95.9 cm³/mol. The summed E-state index contributed by atoms with van der Waals surface area (Å²) in [6.45, 7) is 9.21.